The van der Waals surface area contributed by atoms with E-state index in [0.29, 0.717) is 24.1 Å². The summed E-state index contributed by atoms with van der Waals surface area (Å²) in [5.74, 6) is -1.41. The summed E-state index contributed by atoms with van der Waals surface area (Å²) in [5, 5.41) is 0. The van der Waals surface area contributed by atoms with Crippen molar-refractivity contribution < 1.29 is 8.78 Å². The van der Waals surface area contributed by atoms with Gasteiger partial charge in [-0.25, -0.2) is 8.78 Å². The van der Waals surface area contributed by atoms with Gasteiger partial charge >= 0.3 is 0 Å². The lowest BCUT2D eigenvalue weighted by Crippen LogP contribution is -2.30. The van der Waals surface area contributed by atoms with E-state index in [9.17, 15) is 0 Å². The molecule has 1 aromatic carbocycles. The first-order chi connectivity index (χ1) is 16.0. The lowest BCUT2D eigenvalue weighted by Gasteiger charge is -2.21. The SMILES string of the molecule is CN1CCCN(CC2=CC=C(c3ccc(CN4CCCN(C)CC4)c(F)c3F)CC=C2)CC1. The lowest BCUT2D eigenvalue weighted by molar-refractivity contribution is 0.264. The van der Waals surface area contributed by atoms with Crippen molar-refractivity contribution in [3.63, 3.8) is 0 Å². The van der Waals surface area contributed by atoms with Crippen LogP contribution >= 0.6 is 0 Å². The van der Waals surface area contributed by atoms with Crippen LogP contribution in [0.3, 0.4) is 0 Å². The quantitative estimate of drug-likeness (QED) is 0.664. The maximum atomic E-state index is 15.1. The molecule has 0 atom stereocenters. The molecule has 3 aliphatic rings. The molecule has 0 spiro atoms. The largest absolute Gasteiger partial charge is 0.305 e. The summed E-state index contributed by atoms with van der Waals surface area (Å²) in [6, 6.07) is 3.54. The number of likely N-dealkylation sites (N-methyl/N-ethyl adjacent to an activating group) is 2. The summed E-state index contributed by atoms with van der Waals surface area (Å²) in [5.41, 5.74) is 2.88. The first-order valence-electron chi connectivity index (χ1n) is 12.3. The molecule has 6 heteroatoms. The molecule has 2 fully saturated rings. The number of benzene rings is 1. The van der Waals surface area contributed by atoms with Crippen LogP contribution in [0.2, 0.25) is 0 Å². The Morgan fingerprint density at radius 3 is 2.09 bits per heavy atom. The van der Waals surface area contributed by atoms with Gasteiger partial charge in [-0.15, -0.1) is 0 Å². The molecule has 0 radical (unpaired) electrons. The Balaban J connectivity index is 1.44. The predicted molar refractivity (Wildman–Crippen MR) is 132 cm³/mol. The Morgan fingerprint density at radius 1 is 0.727 bits per heavy atom. The molecule has 0 N–H and O–H groups in total. The van der Waals surface area contributed by atoms with Crippen molar-refractivity contribution in [1.82, 2.24) is 19.6 Å². The molecule has 180 valence electrons. The highest BCUT2D eigenvalue weighted by atomic mass is 19.2. The summed E-state index contributed by atoms with van der Waals surface area (Å²) < 4.78 is 30.2. The maximum absolute atomic E-state index is 15.1. The van der Waals surface area contributed by atoms with Gasteiger partial charge in [-0.3, -0.25) is 9.80 Å². The van der Waals surface area contributed by atoms with Crippen LogP contribution in [-0.2, 0) is 6.54 Å². The average molecular weight is 457 g/mol. The van der Waals surface area contributed by atoms with Gasteiger partial charge in [-0.1, -0.05) is 36.4 Å². The smallest absolute Gasteiger partial charge is 0.166 e. The van der Waals surface area contributed by atoms with Crippen LogP contribution in [0.25, 0.3) is 5.57 Å². The highest BCUT2D eigenvalue weighted by molar-refractivity contribution is 5.70. The molecule has 0 saturated carbocycles. The van der Waals surface area contributed by atoms with Crippen LogP contribution in [0.4, 0.5) is 8.78 Å². The second-order valence-electron chi connectivity index (χ2n) is 9.81. The van der Waals surface area contributed by atoms with Gasteiger partial charge in [-0.05, 0) is 70.7 Å². The Hall–Kier alpha value is -1.86. The van der Waals surface area contributed by atoms with Gasteiger partial charge in [0.1, 0.15) is 0 Å². The van der Waals surface area contributed by atoms with Crippen molar-refractivity contribution in [3.05, 3.63) is 64.8 Å². The highest BCUT2D eigenvalue weighted by Crippen LogP contribution is 2.28. The number of halogens is 2. The van der Waals surface area contributed by atoms with E-state index >= 15 is 8.78 Å². The molecule has 2 saturated heterocycles. The van der Waals surface area contributed by atoms with Crippen molar-refractivity contribution in [2.24, 2.45) is 0 Å². The molecule has 1 aliphatic carbocycles. The minimum Gasteiger partial charge on any atom is -0.305 e. The Labute approximate surface area is 197 Å². The maximum Gasteiger partial charge on any atom is 0.166 e. The third-order valence-electron chi connectivity index (χ3n) is 7.10. The molecule has 2 heterocycles. The van der Waals surface area contributed by atoms with Gasteiger partial charge in [0, 0.05) is 50.4 Å². The van der Waals surface area contributed by atoms with E-state index in [-0.39, 0.29) is 0 Å². The molecule has 1 aromatic rings. The van der Waals surface area contributed by atoms with Crippen LogP contribution in [0.15, 0.2) is 42.0 Å². The fourth-order valence-electron chi connectivity index (χ4n) is 4.95. The van der Waals surface area contributed by atoms with Gasteiger partial charge in [0.25, 0.3) is 0 Å². The van der Waals surface area contributed by atoms with E-state index in [0.717, 1.165) is 70.9 Å². The Bertz CT molecular complexity index is 908. The van der Waals surface area contributed by atoms with Crippen molar-refractivity contribution in [2.45, 2.75) is 25.8 Å². The number of nitrogens with zero attached hydrogens (tertiary/aromatic N) is 4. The van der Waals surface area contributed by atoms with E-state index in [1.807, 2.05) is 6.08 Å². The fourth-order valence-corrected chi connectivity index (χ4v) is 4.95. The molecular weight excluding hydrogens is 418 g/mol. The van der Waals surface area contributed by atoms with Gasteiger partial charge in [0.15, 0.2) is 11.6 Å². The van der Waals surface area contributed by atoms with Gasteiger partial charge in [0.2, 0.25) is 0 Å². The monoisotopic (exact) mass is 456 g/mol. The lowest BCUT2D eigenvalue weighted by atomic mass is 9.99. The van der Waals surface area contributed by atoms with Crippen molar-refractivity contribution >= 4 is 5.57 Å². The molecular formula is C27H38F2N4. The van der Waals surface area contributed by atoms with E-state index < -0.39 is 11.6 Å². The fraction of sp³-hybridized carbons (Fsp3) is 0.556. The summed E-state index contributed by atoms with van der Waals surface area (Å²) in [6.07, 6.45) is 11.1. The van der Waals surface area contributed by atoms with Crippen LogP contribution in [0.1, 0.15) is 30.4 Å². The normalized spacial score (nSPS) is 22.4. The minimum atomic E-state index is -0.716. The summed E-state index contributed by atoms with van der Waals surface area (Å²) in [4.78, 5) is 9.37. The Morgan fingerprint density at radius 2 is 1.39 bits per heavy atom. The first-order valence-corrected chi connectivity index (χ1v) is 12.3. The standard InChI is InChI=1S/C27H38F2N4/c1-30-12-4-14-32(18-16-30)20-22-6-3-7-23(9-8-22)25-11-10-24(26(28)27(25)29)21-33-15-5-13-31(2)17-19-33/h3,6,8-11H,4-5,7,12-21H2,1-2H3. The zero-order chi connectivity index (χ0) is 23.2. The van der Waals surface area contributed by atoms with Crippen LogP contribution in [-0.4, -0.2) is 92.6 Å². The third-order valence-corrected chi connectivity index (χ3v) is 7.10. The van der Waals surface area contributed by atoms with E-state index in [4.69, 9.17) is 0 Å². The van der Waals surface area contributed by atoms with Crippen LogP contribution in [0, 0.1) is 11.6 Å². The molecule has 0 amide bonds. The van der Waals surface area contributed by atoms with Crippen LogP contribution < -0.4 is 0 Å². The van der Waals surface area contributed by atoms with Crippen molar-refractivity contribution in [2.75, 3.05) is 73.0 Å². The molecule has 4 nitrogen and oxygen atoms in total. The second-order valence-corrected chi connectivity index (χ2v) is 9.81. The number of allylic oxidation sites excluding steroid dienone is 4. The summed E-state index contributed by atoms with van der Waals surface area (Å²) in [7, 11) is 4.29. The van der Waals surface area contributed by atoms with E-state index in [2.05, 4.69) is 51.9 Å². The summed E-state index contributed by atoms with van der Waals surface area (Å²) in [6.45, 7) is 9.57. The zero-order valence-corrected chi connectivity index (χ0v) is 20.2. The highest BCUT2D eigenvalue weighted by Gasteiger charge is 2.20. The van der Waals surface area contributed by atoms with Crippen LogP contribution in [0.5, 0.6) is 0 Å². The minimum absolute atomic E-state index is 0.380. The number of hydrogen-bond donors (Lipinski definition) is 0. The molecule has 33 heavy (non-hydrogen) atoms. The average Bonchev–Trinajstić information content (AvgIpc) is 3.24. The van der Waals surface area contributed by atoms with Gasteiger partial charge in [0.05, 0.1) is 0 Å². The molecule has 4 rings (SSSR count). The van der Waals surface area contributed by atoms with Crippen molar-refractivity contribution in [1.29, 1.82) is 0 Å². The van der Waals surface area contributed by atoms with E-state index in [1.165, 1.54) is 12.0 Å². The van der Waals surface area contributed by atoms with Crippen molar-refractivity contribution in [3.8, 4) is 0 Å². The van der Waals surface area contributed by atoms with Gasteiger partial charge < -0.3 is 9.80 Å². The molecule has 2 aliphatic heterocycles. The first kappa shape index (κ1) is 24.3. The van der Waals surface area contributed by atoms with Gasteiger partial charge in [-0.2, -0.15) is 0 Å². The van der Waals surface area contributed by atoms with E-state index in [1.54, 1.807) is 12.1 Å². The second kappa shape index (κ2) is 11.5. The number of hydrogen-bond acceptors (Lipinski definition) is 4. The predicted octanol–water partition coefficient (Wildman–Crippen LogP) is 4.01. The zero-order valence-electron chi connectivity index (χ0n) is 20.2. The number of rotatable bonds is 5. The molecule has 0 unspecified atom stereocenters. The Kier molecular flexibility index (Phi) is 8.47. The molecule has 0 bridgehead atoms. The molecule has 0 aromatic heterocycles. The summed E-state index contributed by atoms with van der Waals surface area (Å²) >= 11 is 0. The topological polar surface area (TPSA) is 13.0 Å². The third kappa shape index (κ3) is 6.60.